The summed E-state index contributed by atoms with van der Waals surface area (Å²) in [6.07, 6.45) is 9.68. The lowest BCUT2D eigenvalue weighted by Gasteiger charge is -2.24. The predicted molar refractivity (Wildman–Crippen MR) is 47.7 cm³/mol. The van der Waals surface area contributed by atoms with E-state index in [0.29, 0.717) is 11.9 Å². The van der Waals surface area contributed by atoms with Crippen molar-refractivity contribution in [1.29, 1.82) is 0 Å². The highest BCUT2D eigenvalue weighted by Gasteiger charge is 2.29. The molecule has 0 spiro atoms. The zero-order chi connectivity index (χ0) is 8.39. The third-order valence-corrected chi connectivity index (χ3v) is 2.80. The molecule has 12 heavy (non-hydrogen) atoms. The fourth-order valence-electron chi connectivity index (χ4n) is 2.10. The van der Waals surface area contributed by atoms with Crippen molar-refractivity contribution in [3.63, 3.8) is 0 Å². The molecule has 2 heterocycles. The monoisotopic (exact) mass is 165 g/mol. The molecule has 1 atom stereocenters. The van der Waals surface area contributed by atoms with Gasteiger partial charge in [0.2, 0.25) is 5.91 Å². The number of amides is 1. The van der Waals surface area contributed by atoms with E-state index in [4.69, 9.17) is 0 Å². The summed E-state index contributed by atoms with van der Waals surface area (Å²) in [6, 6.07) is 0.522. The Morgan fingerprint density at radius 3 is 3.25 bits per heavy atom. The molecule has 0 aromatic heterocycles. The minimum Gasteiger partial charge on any atom is -0.339 e. The molecule has 0 radical (unpaired) electrons. The van der Waals surface area contributed by atoms with Gasteiger partial charge in [-0.25, -0.2) is 0 Å². The van der Waals surface area contributed by atoms with Gasteiger partial charge in [0.05, 0.1) is 0 Å². The van der Waals surface area contributed by atoms with Gasteiger partial charge in [0.15, 0.2) is 0 Å². The molecule has 2 rings (SSSR count). The Hall–Kier alpha value is -0.790. The number of hydrogen-bond donors (Lipinski definition) is 0. The van der Waals surface area contributed by atoms with Gasteiger partial charge in [0.1, 0.15) is 0 Å². The topological polar surface area (TPSA) is 20.3 Å². The van der Waals surface area contributed by atoms with Crippen molar-refractivity contribution in [1.82, 2.24) is 4.90 Å². The van der Waals surface area contributed by atoms with E-state index in [0.717, 1.165) is 38.6 Å². The van der Waals surface area contributed by atoms with Crippen LogP contribution >= 0.6 is 0 Å². The standard InChI is InChI=1S/C10H15NO/c12-10-7-6-9-5-3-1-2-4-8-11(9)10/h1,3,9H,2,4-8H2/b3-1-. The molecule has 66 valence electrons. The molecule has 0 aliphatic carbocycles. The highest BCUT2D eigenvalue weighted by Crippen LogP contribution is 2.23. The maximum Gasteiger partial charge on any atom is 0.222 e. The van der Waals surface area contributed by atoms with Crippen LogP contribution in [0.2, 0.25) is 0 Å². The van der Waals surface area contributed by atoms with Crippen molar-refractivity contribution >= 4 is 5.91 Å². The maximum absolute atomic E-state index is 11.4. The molecule has 2 aliphatic heterocycles. The van der Waals surface area contributed by atoms with Crippen LogP contribution in [0.15, 0.2) is 12.2 Å². The first-order chi connectivity index (χ1) is 5.88. The van der Waals surface area contributed by atoms with E-state index in [1.54, 1.807) is 0 Å². The molecule has 1 unspecified atom stereocenters. The Bertz CT molecular complexity index is 210. The second-order valence-electron chi connectivity index (χ2n) is 3.63. The Kier molecular flexibility index (Phi) is 2.15. The molecule has 1 amide bonds. The molecule has 0 N–H and O–H groups in total. The van der Waals surface area contributed by atoms with Crippen molar-refractivity contribution in [2.75, 3.05) is 6.54 Å². The Balaban J connectivity index is 2.08. The summed E-state index contributed by atoms with van der Waals surface area (Å²) in [6.45, 7) is 0.980. The molecule has 1 fully saturated rings. The second kappa shape index (κ2) is 3.30. The number of allylic oxidation sites excluding steroid dienone is 1. The Morgan fingerprint density at radius 1 is 1.42 bits per heavy atom. The van der Waals surface area contributed by atoms with Crippen molar-refractivity contribution in [3.8, 4) is 0 Å². The maximum atomic E-state index is 11.4. The Labute approximate surface area is 73.2 Å². The highest BCUT2D eigenvalue weighted by atomic mass is 16.2. The molecule has 0 bridgehead atoms. The van der Waals surface area contributed by atoms with Gasteiger partial charge in [-0.3, -0.25) is 4.79 Å². The second-order valence-corrected chi connectivity index (χ2v) is 3.63. The molecular formula is C10H15NO. The first-order valence-electron chi connectivity index (χ1n) is 4.82. The summed E-state index contributed by atoms with van der Waals surface area (Å²) in [5.74, 6) is 0.371. The van der Waals surface area contributed by atoms with E-state index in [-0.39, 0.29) is 0 Å². The minimum absolute atomic E-state index is 0.371. The zero-order valence-corrected chi connectivity index (χ0v) is 7.33. The van der Waals surface area contributed by atoms with Crippen LogP contribution in [-0.2, 0) is 4.79 Å². The Morgan fingerprint density at radius 2 is 2.33 bits per heavy atom. The summed E-state index contributed by atoms with van der Waals surface area (Å²) >= 11 is 0. The van der Waals surface area contributed by atoms with Crippen LogP contribution in [0.5, 0.6) is 0 Å². The van der Waals surface area contributed by atoms with E-state index in [2.05, 4.69) is 17.1 Å². The average Bonchev–Trinajstić information content (AvgIpc) is 2.31. The third-order valence-electron chi connectivity index (χ3n) is 2.80. The van der Waals surface area contributed by atoms with E-state index in [9.17, 15) is 4.79 Å². The van der Waals surface area contributed by atoms with Gasteiger partial charge >= 0.3 is 0 Å². The number of nitrogens with zero attached hydrogens (tertiary/aromatic N) is 1. The number of carbonyl (C=O) groups excluding carboxylic acids is 1. The average molecular weight is 165 g/mol. The van der Waals surface area contributed by atoms with Crippen LogP contribution in [-0.4, -0.2) is 23.4 Å². The van der Waals surface area contributed by atoms with E-state index in [1.165, 1.54) is 0 Å². The fraction of sp³-hybridized carbons (Fsp3) is 0.700. The number of carbonyl (C=O) groups is 1. The van der Waals surface area contributed by atoms with Crippen LogP contribution in [0.3, 0.4) is 0 Å². The molecule has 2 aliphatic rings. The van der Waals surface area contributed by atoms with Gasteiger partial charge < -0.3 is 4.90 Å². The van der Waals surface area contributed by atoms with Crippen LogP contribution in [0, 0.1) is 0 Å². The van der Waals surface area contributed by atoms with Crippen LogP contribution in [0.4, 0.5) is 0 Å². The van der Waals surface area contributed by atoms with Crippen LogP contribution in [0.1, 0.15) is 32.1 Å². The summed E-state index contributed by atoms with van der Waals surface area (Å²) in [7, 11) is 0. The van der Waals surface area contributed by atoms with Crippen LogP contribution < -0.4 is 0 Å². The van der Waals surface area contributed by atoms with Crippen molar-refractivity contribution in [3.05, 3.63) is 12.2 Å². The lowest BCUT2D eigenvalue weighted by atomic mass is 10.1. The summed E-state index contributed by atoms with van der Waals surface area (Å²) < 4.78 is 0. The van der Waals surface area contributed by atoms with Crippen LogP contribution in [0.25, 0.3) is 0 Å². The number of rotatable bonds is 0. The molecule has 2 nitrogen and oxygen atoms in total. The van der Waals surface area contributed by atoms with Crippen molar-refractivity contribution < 1.29 is 4.79 Å². The van der Waals surface area contributed by atoms with Gasteiger partial charge in [-0.1, -0.05) is 12.2 Å². The molecule has 2 heteroatoms. The summed E-state index contributed by atoms with van der Waals surface area (Å²) in [5.41, 5.74) is 0. The SMILES string of the molecule is O=C1CCC2C/C=C\CCCN12. The minimum atomic E-state index is 0.371. The van der Waals surface area contributed by atoms with Gasteiger partial charge in [-0.2, -0.15) is 0 Å². The number of fused-ring (bicyclic) bond motifs is 1. The lowest BCUT2D eigenvalue weighted by Crippen LogP contribution is -2.34. The van der Waals surface area contributed by atoms with Crippen molar-refractivity contribution in [2.24, 2.45) is 0 Å². The molecule has 1 saturated heterocycles. The van der Waals surface area contributed by atoms with Gasteiger partial charge in [-0.05, 0) is 25.7 Å². The summed E-state index contributed by atoms with van der Waals surface area (Å²) in [4.78, 5) is 13.4. The van der Waals surface area contributed by atoms with Crippen molar-refractivity contribution in [2.45, 2.75) is 38.1 Å². The normalized spacial score (nSPS) is 32.5. The van der Waals surface area contributed by atoms with Gasteiger partial charge in [-0.15, -0.1) is 0 Å². The smallest absolute Gasteiger partial charge is 0.222 e. The quantitative estimate of drug-likeness (QED) is 0.500. The zero-order valence-electron chi connectivity index (χ0n) is 7.33. The van der Waals surface area contributed by atoms with Gasteiger partial charge in [0.25, 0.3) is 0 Å². The highest BCUT2D eigenvalue weighted by molar-refractivity contribution is 5.78. The third kappa shape index (κ3) is 1.38. The van der Waals surface area contributed by atoms with Gasteiger partial charge in [0, 0.05) is 19.0 Å². The predicted octanol–water partition coefficient (Wildman–Crippen LogP) is 1.72. The first-order valence-corrected chi connectivity index (χ1v) is 4.82. The van der Waals surface area contributed by atoms with E-state index in [1.807, 2.05) is 0 Å². The first kappa shape index (κ1) is 7.84. The largest absolute Gasteiger partial charge is 0.339 e. The van der Waals surface area contributed by atoms with E-state index < -0.39 is 0 Å². The molecular weight excluding hydrogens is 150 g/mol. The number of hydrogen-bond acceptors (Lipinski definition) is 1. The van der Waals surface area contributed by atoms with E-state index >= 15 is 0 Å². The molecule has 0 aromatic rings. The fourth-order valence-corrected chi connectivity index (χ4v) is 2.10. The molecule has 0 aromatic carbocycles. The lowest BCUT2D eigenvalue weighted by molar-refractivity contribution is -0.129. The molecule has 0 saturated carbocycles. The summed E-state index contributed by atoms with van der Waals surface area (Å²) in [5, 5.41) is 0.